The van der Waals surface area contributed by atoms with Crippen molar-refractivity contribution in [3.05, 3.63) is 0 Å². The van der Waals surface area contributed by atoms with Gasteiger partial charge in [-0.05, 0) is 12.7 Å². The van der Waals surface area contributed by atoms with Gasteiger partial charge in [0.25, 0.3) is 0 Å². The van der Waals surface area contributed by atoms with Gasteiger partial charge in [0.1, 0.15) is 6.61 Å². The normalized spacial score (nSPS) is 19.9. The maximum absolute atomic E-state index is 10.3. The lowest BCUT2D eigenvalue weighted by Gasteiger charge is -2.47. The first kappa shape index (κ1) is 12.8. The van der Waals surface area contributed by atoms with Crippen LogP contribution in [0.5, 0.6) is 0 Å². The fraction of sp³-hybridized carbons (Fsp3) is 0.900. The molecule has 1 aliphatic heterocycles. The molecule has 0 aromatic heterocycles. The molecule has 1 saturated heterocycles. The number of likely N-dealkylation sites (tertiary alicyclic amines) is 1. The minimum Gasteiger partial charge on any atom is -0.480 e. The van der Waals surface area contributed by atoms with Gasteiger partial charge < -0.3 is 9.84 Å². The molecule has 0 unspecified atom stereocenters. The number of aliphatic carboxylic acids is 1. The second kappa shape index (κ2) is 5.72. The summed E-state index contributed by atoms with van der Waals surface area (Å²) in [6.45, 7) is 6.72. The molecule has 15 heavy (non-hydrogen) atoms. The molecule has 1 fully saturated rings. The molecule has 1 aliphatic rings. The Morgan fingerprint density at radius 1 is 1.60 bits per heavy atom. The molecule has 5 heteroatoms. The van der Waals surface area contributed by atoms with Crippen molar-refractivity contribution >= 4 is 17.7 Å². The second-order valence-electron chi connectivity index (χ2n) is 4.04. The highest BCUT2D eigenvalue weighted by Gasteiger charge is 2.39. The smallest absolute Gasteiger partial charge is 0.329 e. The number of hydrogen-bond acceptors (Lipinski definition) is 4. The third-order valence-corrected chi connectivity index (χ3v) is 3.30. The van der Waals surface area contributed by atoms with Gasteiger partial charge in [0.05, 0.1) is 5.60 Å². The van der Waals surface area contributed by atoms with Gasteiger partial charge in [0.15, 0.2) is 0 Å². The molecule has 4 nitrogen and oxygen atoms in total. The number of carboxylic acid groups (broad SMARTS) is 1. The van der Waals surface area contributed by atoms with Crippen LogP contribution in [0.1, 0.15) is 13.8 Å². The Hall–Kier alpha value is -0.260. The number of ether oxygens (including phenoxy) is 1. The quantitative estimate of drug-likeness (QED) is 0.663. The number of hydrogen-bond donors (Lipinski definition) is 1. The SMILES string of the molecule is CCSCCN1CC(C)(OCC(=O)O)C1. The third kappa shape index (κ3) is 4.40. The highest BCUT2D eigenvalue weighted by molar-refractivity contribution is 7.99. The lowest BCUT2D eigenvalue weighted by atomic mass is 9.97. The summed E-state index contributed by atoms with van der Waals surface area (Å²) in [4.78, 5) is 12.6. The molecule has 0 spiro atoms. The van der Waals surface area contributed by atoms with Crippen molar-refractivity contribution in [2.75, 3.05) is 37.7 Å². The molecular formula is C10H19NO3S. The van der Waals surface area contributed by atoms with Gasteiger partial charge in [-0.25, -0.2) is 4.79 Å². The zero-order chi connectivity index (χ0) is 11.3. The van der Waals surface area contributed by atoms with Crippen molar-refractivity contribution in [2.45, 2.75) is 19.4 Å². The van der Waals surface area contributed by atoms with E-state index in [4.69, 9.17) is 9.84 Å². The number of carbonyl (C=O) groups is 1. The maximum atomic E-state index is 10.3. The molecule has 0 atom stereocenters. The van der Waals surface area contributed by atoms with Crippen LogP contribution < -0.4 is 0 Å². The van der Waals surface area contributed by atoms with Gasteiger partial charge in [0.2, 0.25) is 0 Å². The number of thioether (sulfide) groups is 1. The summed E-state index contributed by atoms with van der Waals surface area (Å²) in [5.41, 5.74) is -0.241. The predicted octanol–water partition coefficient (Wildman–Crippen LogP) is 0.915. The van der Waals surface area contributed by atoms with E-state index in [9.17, 15) is 4.79 Å². The standard InChI is InChI=1S/C10H19NO3S/c1-3-15-5-4-11-7-10(2,8-11)14-6-9(12)13/h3-8H2,1-2H3,(H,12,13). The van der Waals surface area contributed by atoms with E-state index >= 15 is 0 Å². The summed E-state index contributed by atoms with van der Waals surface area (Å²) >= 11 is 1.93. The Kier molecular flexibility index (Phi) is 4.89. The molecule has 1 N–H and O–H groups in total. The van der Waals surface area contributed by atoms with E-state index < -0.39 is 5.97 Å². The fourth-order valence-corrected chi connectivity index (χ4v) is 2.40. The highest BCUT2D eigenvalue weighted by Crippen LogP contribution is 2.24. The molecule has 0 radical (unpaired) electrons. The van der Waals surface area contributed by atoms with E-state index in [0.29, 0.717) is 0 Å². The van der Waals surface area contributed by atoms with Gasteiger partial charge in [-0.3, -0.25) is 4.90 Å². The zero-order valence-electron chi connectivity index (χ0n) is 9.36. The monoisotopic (exact) mass is 233 g/mol. The van der Waals surface area contributed by atoms with Crippen LogP contribution in [0.15, 0.2) is 0 Å². The first-order valence-electron chi connectivity index (χ1n) is 5.21. The summed E-state index contributed by atoms with van der Waals surface area (Å²) in [7, 11) is 0. The van der Waals surface area contributed by atoms with Crippen molar-refractivity contribution in [3.63, 3.8) is 0 Å². The Labute approximate surface area is 95.0 Å². The van der Waals surface area contributed by atoms with Crippen molar-refractivity contribution in [1.82, 2.24) is 4.90 Å². The molecule has 0 saturated carbocycles. The van der Waals surface area contributed by atoms with E-state index in [1.54, 1.807) is 0 Å². The predicted molar refractivity (Wildman–Crippen MR) is 61.4 cm³/mol. The molecule has 0 amide bonds. The van der Waals surface area contributed by atoms with Gasteiger partial charge in [-0.2, -0.15) is 11.8 Å². The van der Waals surface area contributed by atoms with Crippen LogP contribution in [0.3, 0.4) is 0 Å². The average molecular weight is 233 g/mol. The average Bonchev–Trinajstić information content (AvgIpc) is 2.12. The lowest BCUT2D eigenvalue weighted by Crippen LogP contribution is -2.62. The molecule has 0 aromatic rings. The van der Waals surface area contributed by atoms with Crippen LogP contribution in [-0.4, -0.2) is 59.3 Å². The Bertz CT molecular complexity index is 217. The van der Waals surface area contributed by atoms with Crippen molar-refractivity contribution < 1.29 is 14.6 Å². The molecule has 0 aromatic carbocycles. The lowest BCUT2D eigenvalue weighted by molar-refractivity contribution is -0.164. The van der Waals surface area contributed by atoms with Gasteiger partial charge >= 0.3 is 5.97 Å². The number of nitrogens with zero attached hydrogens (tertiary/aromatic N) is 1. The summed E-state index contributed by atoms with van der Waals surface area (Å²) in [5.74, 6) is 1.41. The van der Waals surface area contributed by atoms with Crippen LogP contribution >= 0.6 is 11.8 Å². The van der Waals surface area contributed by atoms with Crippen LogP contribution in [0.2, 0.25) is 0 Å². The summed E-state index contributed by atoms with van der Waals surface area (Å²) < 4.78 is 5.32. The first-order chi connectivity index (χ1) is 7.06. The van der Waals surface area contributed by atoms with E-state index in [1.165, 1.54) is 0 Å². The molecule has 0 aliphatic carbocycles. The Morgan fingerprint density at radius 3 is 2.80 bits per heavy atom. The van der Waals surface area contributed by atoms with Crippen LogP contribution in [0.4, 0.5) is 0 Å². The zero-order valence-corrected chi connectivity index (χ0v) is 10.2. The number of carboxylic acids is 1. The molecule has 0 bridgehead atoms. The topological polar surface area (TPSA) is 49.8 Å². The fourth-order valence-electron chi connectivity index (χ4n) is 1.72. The molecule has 88 valence electrons. The Morgan fingerprint density at radius 2 is 2.27 bits per heavy atom. The first-order valence-corrected chi connectivity index (χ1v) is 6.37. The minimum absolute atomic E-state index is 0.186. The largest absolute Gasteiger partial charge is 0.480 e. The van der Waals surface area contributed by atoms with Gasteiger partial charge in [0, 0.05) is 25.4 Å². The van der Waals surface area contributed by atoms with Crippen LogP contribution in [0.25, 0.3) is 0 Å². The van der Waals surface area contributed by atoms with Gasteiger partial charge in [-0.15, -0.1) is 0 Å². The van der Waals surface area contributed by atoms with Crippen LogP contribution in [-0.2, 0) is 9.53 Å². The van der Waals surface area contributed by atoms with Gasteiger partial charge in [-0.1, -0.05) is 6.92 Å². The van der Waals surface area contributed by atoms with Crippen molar-refractivity contribution in [1.29, 1.82) is 0 Å². The Balaban J connectivity index is 2.09. The second-order valence-corrected chi connectivity index (χ2v) is 5.43. The molecule has 1 rings (SSSR count). The molecular weight excluding hydrogens is 214 g/mol. The van der Waals surface area contributed by atoms with Crippen LogP contribution in [0, 0.1) is 0 Å². The van der Waals surface area contributed by atoms with E-state index in [0.717, 1.165) is 31.1 Å². The number of rotatable bonds is 7. The van der Waals surface area contributed by atoms with E-state index in [-0.39, 0.29) is 12.2 Å². The summed E-state index contributed by atoms with van der Waals surface area (Å²) in [6.07, 6.45) is 0. The summed E-state index contributed by atoms with van der Waals surface area (Å²) in [5, 5.41) is 8.49. The van der Waals surface area contributed by atoms with Crippen molar-refractivity contribution in [3.8, 4) is 0 Å². The third-order valence-electron chi connectivity index (χ3n) is 2.42. The molecule has 1 heterocycles. The van der Waals surface area contributed by atoms with E-state index in [1.807, 2.05) is 18.7 Å². The maximum Gasteiger partial charge on any atom is 0.329 e. The van der Waals surface area contributed by atoms with Crippen molar-refractivity contribution in [2.24, 2.45) is 0 Å². The van der Waals surface area contributed by atoms with E-state index in [2.05, 4.69) is 11.8 Å². The minimum atomic E-state index is -0.892. The summed E-state index contributed by atoms with van der Waals surface area (Å²) in [6, 6.07) is 0. The highest BCUT2D eigenvalue weighted by atomic mass is 32.2.